The number of carbonyl (C=O) groups excluding carboxylic acids is 1. The van der Waals surface area contributed by atoms with Crippen molar-refractivity contribution in [2.45, 2.75) is 5.75 Å². The van der Waals surface area contributed by atoms with Crippen molar-refractivity contribution in [2.75, 3.05) is 5.32 Å². The number of carboxylic acids is 1. The van der Waals surface area contributed by atoms with Gasteiger partial charge in [0.15, 0.2) is 0 Å². The molecular weight excluding hydrogens is 372 g/mol. The predicted octanol–water partition coefficient (Wildman–Crippen LogP) is 5.55. The Labute approximate surface area is 165 Å². The van der Waals surface area contributed by atoms with Gasteiger partial charge in [-0.3, -0.25) is 4.79 Å². The van der Waals surface area contributed by atoms with Crippen LogP contribution in [0.25, 0.3) is 21.8 Å². The lowest BCUT2D eigenvalue weighted by molar-refractivity contribution is 0.0698. The molecule has 1 amide bonds. The van der Waals surface area contributed by atoms with Crippen molar-refractivity contribution < 1.29 is 14.7 Å². The summed E-state index contributed by atoms with van der Waals surface area (Å²) in [5.41, 5.74) is 3.16. The van der Waals surface area contributed by atoms with E-state index in [0.29, 0.717) is 5.75 Å². The first-order chi connectivity index (χ1) is 13.6. The molecule has 0 fully saturated rings. The van der Waals surface area contributed by atoms with E-state index in [1.54, 1.807) is 18.2 Å². The lowest BCUT2D eigenvalue weighted by Gasteiger charge is -2.11. The molecule has 2 N–H and O–H groups in total. The van der Waals surface area contributed by atoms with E-state index < -0.39 is 5.97 Å². The zero-order valence-corrected chi connectivity index (χ0v) is 15.6. The molecule has 28 heavy (non-hydrogen) atoms. The maximum Gasteiger partial charge on any atom is 0.337 e. The topological polar surface area (TPSA) is 79.3 Å². The number of anilines is 1. The first kappa shape index (κ1) is 18.0. The third-order valence-corrected chi connectivity index (χ3v) is 5.24. The number of carbonyl (C=O) groups is 2. The number of fused-ring (bicyclic) bond motifs is 2. The smallest absolute Gasteiger partial charge is 0.337 e. The van der Waals surface area contributed by atoms with Crippen LogP contribution in [0.4, 0.5) is 10.5 Å². The number of thioether (sulfide) groups is 1. The number of nitrogens with one attached hydrogen (secondary N) is 1. The van der Waals surface area contributed by atoms with Gasteiger partial charge in [0.25, 0.3) is 5.24 Å². The molecule has 5 nitrogen and oxygen atoms in total. The number of hydrogen-bond acceptors (Lipinski definition) is 4. The summed E-state index contributed by atoms with van der Waals surface area (Å²) in [7, 11) is 0. The number of amides is 1. The summed E-state index contributed by atoms with van der Waals surface area (Å²) < 4.78 is 0. The zero-order valence-electron chi connectivity index (χ0n) is 14.8. The highest BCUT2D eigenvalue weighted by molar-refractivity contribution is 8.13. The molecule has 0 atom stereocenters. The Hall–Kier alpha value is -3.38. The molecule has 4 aromatic rings. The molecule has 0 saturated heterocycles. The van der Waals surface area contributed by atoms with Gasteiger partial charge in [-0.15, -0.1) is 0 Å². The number of nitrogens with zero attached hydrogens (tertiary/aromatic N) is 1. The highest BCUT2D eigenvalue weighted by Crippen LogP contribution is 2.30. The van der Waals surface area contributed by atoms with Crippen LogP contribution in [0, 0.1) is 0 Å². The average molecular weight is 388 g/mol. The largest absolute Gasteiger partial charge is 0.478 e. The summed E-state index contributed by atoms with van der Waals surface area (Å²) in [6.07, 6.45) is 0. The standard InChI is InChI=1S/C22H16N2O3S/c25-21(26)16-9-3-6-12-20(16)24-22(27)28-13-17-14-7-1-4-10-18(14)23-19-11-5-2-8-15(17)19/h1-12H,13H2,(H,24,27)(H,25,26). The molecular formula is C22H16N2O3S. The van der Waals surface area contributed by atoms with Gasteiger partial charge in [-0.25, -0.2) is 9.78 Å². The van der Waals surface area contributed by atoms with Crippen LogP contribution in [-0.4, -0.2) is 21.3 Å². The van der Waals surface area contributed by atoms with E-state index in [1.807, 2.05) is 48.5 Å². The van der Waals surface area contributed by atoms with Gasteiger partial charge in [0, 0.05) is 16.5 Å². The van der Waals surface area contributed by atoms with Crippen molar-refractivity contribution in [1.82, 2.24) is 4.98 Å². The molecule has 0 bridgehead atoms. The van der Waals surface area contributed by atoms with Crippen LogP contribution in [0.5, 0.6) is 0 Å². The molecule has 0 unspecified atom stereocenters. The molecule has 1 heterocycles. The van der Waals surface area contributed by atoms with E-state index in [9.17, 15) is 14.7 Å². The SMILES string of the molecule is O=C(Nc1ccccc1C(=O)O)SCc1c2ccccc2nc2ccccc12. The second-order valence-corrected chi connectivity index (χ2v) is 7.12. The number of para-hydroxylation sites is 3. The van der Waals surface area contributed by atoms with Gasteiger partial charge >= 0.3 is 5.97 Å². The van der Waals surface area contributed by atoms with Crippen LogP contribution in [0.15, 0.2) is 72.8 Å². The first-order valence-corrected chi connectivity index (χ1v) is 9.64. The summed E-state index contributed by atoms with van der Waals surface area (Å²) in [5.74, 6) is -0.628. The van der Waals surface area contributed by atoms with Gasteiger partial charge in [-0.05, 0) is 29.8 Å². The molecule has 6 heteroatoms. The van der Waals surface area contributed by atoms with E-state index in [1.165, 1.54) is 6.07 Å². The van der Waals surface area contributed by atoms with Crippen LogP contribution >= 0.6 is 11.8 Å². The summed E-state index contributed by atoms with van der Waals surface area (Å²) in [6.45, 7) is 0. The summed E-state index contributed by atoms with van der Waals surface area (Å²) >= 11 is 1.10. The molecule has 0 aliphatic heterocycles. The van der Waals surface area contributed by atoms with Crippen LogP contribution in [0.2, 0.25) is 0 Å². The van der Waals surface area contributed by atoms with Crippen molar-refractivity contribution in [1.29, 1.82) is 0 Å². The van der Waals surface area contributed by atoms with Crippen molar-refractivity contribution in [2.24, 2.45) is 0 Å². The highest BCUT2D eigenvalue weighted by atomic mass is 32.2. The van der Waals surface area contributed by atoms with Gasteiger partial charge < -0.3 is 10.4 Å². The van der Waals surface area contributed by atoms with E-state index in [4.69, 9.17) is 0 Å². The van der Waals surface area contributed by atoms with Crippen LogP contribution in [0.1, 0.15) is 15.9 Å². The van der Waals surface area contributed by atoms with E-state index in [-0.39, 0.29) is 16.5 Å². The Bertz CT molecular complexity index is 1150. The fourth-order valence-corrected chi connectivity index (χ4v) is 3.91. The van der Waals surface area contributed by atoms with E-state index >= 15 is 0 Å². The number of benzene rings is 3. The molecule has 0 aliphatic carbocycles. The van der Waals surface area contributed by atoms with Crippen LogP contribution in [-0.2, 0) is 5.75 Å². The number of aromatic carboxylic acids is 1. The number of pyridine rings is 1. The van der Waals surface area contributed by atoms with Gasteiger partial charge in [-0.1, -0.05) is 60.3 Å². The molecule has 4 rings (SSSR count). The van der Waals surface area contributed by atoms with Gasteiger partial charge in [-0.2, -0.15) is 0 Å². The number of aromatic nitrogens is 1. The Morgan fingerprint density at radius 1 is 0.857 bits per heavy atom. The maximum absolute atomic E-state index is 12.5. The Balaban J connectivity index is 1.62. The average Bonchev–Trinajstić information content (AvgIpc) is 2.71. The lowest BCUT2D eigenvalue weighted by atomic mass is 10.0. The quantitative estimate of drug-likeness (QED) is 0.448. The fourth-order valence-electron chi connectivity index (χ4n) is 3.15. The summed E-state index contributed by atoms with van der Waals surface area (Å²) in [4.78, 5) is 28.5. The molecule has 0 spiro atoms. The Kier molecular flexibility index (Phi) is 4.95. The second-order valence-electron chi connectivity index (χ2n) is 6.18. The number of carboxylic acid groups (broad SMARTS) is 1. The molecule has 1 aromatic heterocycles. The highest BCUT2D eigenvalue weighted by Gasteiger charge is 2.14. The van der Waals surface area contributed by atoms with Crippen LogP contribution in [0.3, 0.4) is 0 Å². The van der Waals surface area contributed by atoms with Crippen molar-refractivity contribution in [3.8, 4) is 0 Å². The minimum Gasteiger partial charge on any atom is -0.478 e. The Morgan fingerprint density at radius 2 is 1.43 bits per heavy atom. The van der Waals surface area contributed by atoms with Crippen LogP contribution < -0.4 is 5.32 Å². The monoisotopic (exact) mass is 388 g/mol. The summed E-state index contributed by atoms with van der Waals surface area (Å²) in [5, 5.41) is 13.7. The third kappa shape index (κ3) is 3.54. The number of hydrogen-bond donors (Lipinski definition) is 2. The van der Waals surface area contributed by atoms with Gasteiger partial charge in [0.05, 0.1) is 22.3 Å². The van der Waals surface area contributed by atoms with Gasteiger partial charge in [0.1, 0.15) is 0 Å². The first-order valence-electron chi connectivity index (χ1n) is 8.66. The zero-order chi connectivity index (χ0) is 19.5. The fraction of sp³-hybridized carbons (Fsp3) is 0.0455. The Morgan fingerprint density at radius 3 is 2.07 bits per heavy atom. The van der Waals surface area contributed by atoms with Gasteiger partial charge in [0.2, 0.25) is 0 Å². The normalized spacial score (nSPS) is 10.9. The van der Waals surface area contributed by atoms with E-state index in [0.717, 1.165) is 39.1 Å². The molecule has 0 saturated carbocycles. The summed E-state index contributed by atoms with van der Waals surface area (Å²) in [6, 6.07) is 22.1. The molecule has 3 aromatic carbocycles. The second kappa shape index (κ2) is 7.70. The minimum atomic E-state index is -1.08. The maximum atomic E-state index is 12.5. The van der Waals surface area contributed by atoms with Crippen molar-refractivity contribution in [3.05, 3.63) is 83.9 Å². The number of rotatable bonds is 4. The molecule has 138 valence electrons. The molecule has 0 radical (unpaired) electrons. The third-order valence-electron chi connectivity index (χ3n) is 4.44. The van der Waals surface area contributed by atoms with Crippen molar-refractivity contribution >= 4 is 50.5 Å². The van der Waals surface area contributed by atoms with E-state index in [2.05, 4.69) is 10.3 Å². The minimum absolute atomic E-state index is 0.0660. The molecule has 0 aliphatic rings. The lowest BCUT2D eigenvalue weighted by Crippen LogP contribution is -2.10. The van der Waals surface area contributed by atoms with Crippen molar-refractivity contribution in [3.63, 3.8) is 0 Å². The predicted molar refractivity (Wildman–Crippen MR) is 113 cm³/mol.